The monoisotopic (exact) mass is 283 g/mol. The van der Waals surface area contributed by atoms with Crippen LogP contribution in [0.3, 0.4) is 0 Å². The van der Waals surface area contributed by atoms with Crippen LogP contribution in [0.25, 0.3) is 0 Å². The average molecular weight is 284 g/mol. The number of benzene rings is 2. The second-order valence-corrected chi connectivity index (χ2v) is 5.42. The molecule has 0 aliphatic rings. The van der Waals surface area contributed by atoms with Crippen LogP contribution in [-0.2, 0) is 6.54 Å². The van der Waals surface area contributed by atoms with Gasteiger partial charge < -0.3 is 5.73 Å². The molecule has 0 amide bonds. The van der Waals surface area contributed by atoms with E-state index < -0.39 is 0 Å². The lowest BCUT2D eigenvalue weighted by atomic mass is 10.2. The molecule has 0 saturated carbocycles. The molecule has 0 unspecified atom stereocenters. The molecule has 0 saturated heterocycles. The van der Waals surface area contributed by atoms with Gasteiger partial charge in [-0.3, -0.25) is 0 Å². The van der Waals surface area contributed by atoms with Crippen molar-refractivity contribution in [2.45, 2.75) is 16.3 Å². The number of hydrogen-bond donors (Lipinski definition) is 1. The van der Waals surface area contributed by atoms with E-state index in [4.69, 9.17) is 28.9 Å². The van der Waals surface area contributed by atoms with Crippen molar-refractivity contribution >= 4 is 35.0 Å². The zero-order valence-electron chi connectivity index (χ0n) is 8.99. The van der Waals surface area contributed by atoms with E-state index in [0.29, 0.717) is 16.6 Å². The molecule has 0 aliphatic carbocycles. The predicted molar refractivity (Wildman–Crippen MR) is 74.9 cm³/mol. The van der Waals surface area contributed by atoms with E-state index in [-0.39, 0.29) is 0 Å². The molecule has 88 valence electrons. The molecule has 0 heterocycles. The second-order valence-electron chi connectivity index (χ2n) is 3.49. The Bertz CT molecular complexity index is 529. The topological polar surface area (TPSA) is 26.0 Å². The molecule has 17 heavy (non-hydrogen) atoms. The van der Waals surface area contributed by atoms with Gasteiger partial charge in [0.25, 0.3) is 0 Å². The van der Waals surface area contributed by atoms with E-state index in [1.54, 1.807) is 17.8 Å². The Morgan fingerprint density at radius 1 is 1.00 bits per heavy atom. The summed E-state index contributed by atoms with van der Waals surface area (Å²) in [6.45, 7) is 0.532. The Morgan fingerprint density at radius 3 is 2.47 bits per heavy atom. The number of hydrogen-bond acceptors (Lipinski definition) is 2. The van der Waals surface area contributed by atoms with Gasteiger partial charge in [0.1, 0.15) is 0 Å². The highest BCUT2D eigenvalue weighted by Gasteiger charge is 2.04. The van der Waals surface area contributed by atoms with Gasteiger partial charge in [-0.05, 0) is 29.8 Å². The van der Waals surface area contributed by atoms with Gasteiger partial charge in [-0.2, -0.15) is 0 Å². The summed E-state index contributed by atoms with van der Waals surface area (Å²) in [4.78, 5) is 2.20. The summed E-state index contributed by atoms with van der Waals surface area (Å²) in [6.07, 6.45) is 0. The molecule has 4 heteroatoms. The molecule has 2 aromatic rings. The van der Waals surface area contributed by atoms with E-state index >= 15 is 0 Å². The minimum atomic E-state index is 0.532. The van der Waals surface area contributed by atoms with Gasteiger partial charge in [-0.25, -0.2) is 0 Å². The molecule has 0 bridgehead atoms. The maximum absolute atomic E-state index is 5.98. The minimum absolute atomic E-state index is 0.532. The molecule has 2 rings (SSSR count). The summed E-state index contributed by atoms with van der Waals surface area (Å²) < 4.78 is 0. The Labute approximate surface area is 115 Å². The van der Waals surface area contributed by atoms with Crippen LogP contribution < -0.4 is 5.73 Å². The lowest BCUT2D eigenvalue weighted by Crippen LogP contribution is -1.97. The summed E-state index contributed by atoms with van der Waals surface area (Å²) in [5.74, 6) is 0. The first-order chi connectivity index (χ1) is 8.20. The van der Waals surface area contributed by atoms with Crippen LogP contribution in [0, 0.1) is 0 Å². The van der Waals surface area contributed by atoms with Crippen molar-refractivity contribution < 1.29 is 0 Å². The molecule has 0 fully saturated rings. The van der Waals surface area contributed by atoms with Crippen molar-refractivity contribution in [3.8, 4) is 0 Å². The number of nitrogens with two attached hydrogens (primary N) is 1. The van der Waals surface area contributed by atoms with Gasteiger partial charge in [-0.1, -0.05) is 53.2 Å². The van der Waals surface area contributed by atoms with Gasteiger partial charge in [0.2, 0.25) is 0 Å². The van der Waals surface area contributed by atoms with Gasteiger partial charge >= 0.3 is 0 Å². The molecule has 0 atom stereocenters. The number of rotatable bonds is 3. The third kappa shape index (κ3) is 3.17. The fourth-order valence-electron chi connectivity index (χ4n) is 1.44. The Hall–Kier alpha value is -0.670. The summed E-state index contributed by atoms with van der Waals surface area (Å²) in [6, 6.07) is 13.7. The molecule has 0 spiro atoms. The summed E-state index contributed by atoms with van der Waals surface area (Å²) in [5, 5.41) is 1.14. The molecule has 1 nitrogen and oxygen atoms in total. The highest BCUT2D eigenvalue weighted by Crippen LogP contribution is 2.33. The van der Waals surface area contributed by atoms with Crippen LogP contribution >= 0.6 is 35.0 Å². The van der Waals surface area contributed by atoms with Crippen LogP contribution in [0.4, 0.5) is 0 Å². The van der Waals surface area contributed by atoms with Gasteiger partial charge in [0, 0.05) is 16.3 Å². The van der Waals surface area contributed by atoms with E-state index in [9.17, 15) is 0 Å². The SMILES string of the molecule is NCc1ccccc1Sc1ccc(Cl)c(Cl)c1. The summed E-state index contributed by atoms with van der Waals surface area (Å²) in [7, 11) is 0. The fraction of sp³-hybridized carbons (Fsp3) is 0.0769. The third-order valence-electron chi connectivity index (χ3n) is 2.31. The first kappa shape index (κ1) is 12.8. The van der Waals surface area contributed by atoms with Crippen molar-refractivity contribution in [1.29, 1.82) is 0 Å². The summed E-state index contributed by atoms with van der Waals surface area (Å²) in [5.41, 5.74) is 6.83. The van der Waals surface area contributed by atoms with E-state index in [1.807, 2.05) is 30.3 Å². The highest BCUT2D eigenvalue weighted by molar-refractivity contribution is 7.99. The Morgan fingerprint density at radius 2 is 1.76 bits per heavy atom. The number of halogens is 2. The van der Waals surface area contributed by atoms with E-state index in [0.717, 1.165) is 15.4 Å². The van der Waals surface area contributed by atoms with E-state index in [2.05, 4.69) is 6.07 Å². The van der Waals surface area contributed by atoms with Crippen LogP contribution in [0.15, 0.2) is 52.3 Å². The van der Waals surface area contributed by atoms with Crippen molar-refractivity contribution in [2.24, 2.45) is 5.73 Å². The molecule has 2 N–H and O–H groups in total. The minimum Gasteiger partial charge on any atom is -0.326 e. The van der Waals surface area contributed by atoms with Crippen molar-refractivity contribution in [1.82, 2.24) is 0 Å². The van der Waals surface area contributed by atoms with Crippen LogP contribution in [0.5, 0.6) is 0 Å². The normalized spacial score (nSPS) is 10.5. The summed E-state index contributed by atoms with van der Waals surface area (Å²) >= 11 is 13.5. The first-order valence-electron chi connectivity index (χ1n) is 5.11. The molecule has 0 aliphatic heterocycles. The molecular weight excluding hydrogens is 273 g/mol. The van der Waals surface area contributed by atoms with Crippen molar-refractivity contribution in [3.63, 3.8) is 0 Å². The molecule has 0 aromatic heterocycles. The Kier molecular flexibility index (Phi) is 4.35. The second kappa shape index (κ2) is 5.78. The smallest absolute Gasteiger partial charge is 0.0603 e. The zero-order chi connectivity index (χ0) is 12.3. The first-order valence-corrected chi connectivity index (χ1v) is 6.69. The van der Waals surface area contributed by atoms with Gasteiger partial charge in [0.15, 0.2) is 0 Å². The lowest BCUT2D eigenvalue weighted by molar-refractivity contribution is 1.03. The van der Waals surface area contributed by atoms with Crippen LogP contribution in [0.1, 0.15) is 5.56 Å². The van der Waals surface area contributed by atoms with Gasteiger partial charge in [0.05, 0.1) is 10.0 Å². The zero-order valence-corrected chi connectivity index (χ0v) is 11.3. The average Bonchev–Trinajstić information content (AvgIpc) is 2.34. The Balaban J connectivity index is 2.28. The van der Waals surface area contributed by atoms with Gasteiger partial charge in [-0.15, -0.1) is 0 Å². The van der Waals surface area contributed by atoms with Crippen LogP contribution in [0.2, 0.25) is 10.0 Å². The largest absolute Gasteiger partial charge is 0.326 e. The maximum Gasteiger partial charge on any atom is 0.0603 e. The standard InChI is InChI=1S/C13H11Cl2NS/c14-11-6-5-10(7-12(11)15)17-13-4-2-1-3-9(13)8-16/h1-7H,8,16H2. The van der Waals surface area contributed by atoms with Crippen LogP contribution in [-0.4, -0.2) is 0 Å². The van der Waals surface area contributed by atoms with E-state index in [1.165, 1.54) is 0 Å². The maximum atomic E-state index is 5.98. The predicted octanol–water partition coefficient (Wildman–Crippen LogP) is 4.60. The molecule has 2 aromatic carbocycles. The fourth-order valence-corrected chi connectivity index (χ4v) is 2.80. The molecular formula is C13H11Cl2NS. The third-order valence-corrected chi connectivity index (χ3v) is 4.16. The highest BCUT2D eigenvalue weighted by atomic mass is 35.5. The van der Waals surface area contributed by atoms with Crippen molar-refractivity contribution in [3.05, 3.63) is 58.1 Å². The quantitative estimate of drug-likeness (QED) is 0.891. The lowest BCUT2D eigenvalue weighted by Gasteiger charge is -2.07. The van der Waals surface area contributed by atoms with Crippen molar-refractivity contribution in [2.75, 3.05) is 0 Å². The molecule has 0 radical (unpaired) electrons.